The van der Waals surface area contributed by atoms with E-state index in [2.05, 4.69) is 38.5 Å². The minimum Gasteiger partial charge on any atom is -0.495 e. The first-order chi connectivity index (χ1) is 6.70. The fourth-order valence-corrected chi connectivity index (χ4v) is 2.23. The number of halogens is 2. The minimum atomic E-state index is 0.109. The predicted molar refractivity (Wildman–Crippen MR) is 68.5 cm³/mol. The number of carbonyl (C=O) groups is 1. The third-order valence-electron chi connectivity index (χ3n) is 1.79. The van der Waals surface area contributed by atoms with Crippen molar-refractivity contribution in [2.45, 2.75) is 6.42 Å². The molecule has 0 N–H and O–H groups in total. The third-order valence-corrected chi connectivity index (χ3v) is 3.04. The Morgan fingerprint density at radius 2 is 2.29 bits per heavy atom. The van der Waals surface area contributed by atoms with Crippen LogP contribution < -0.4 is 4.74 Å². The van der Waals surface area contributed by atoms with E-state index in [1.165, 1.54) is 0 Å². The molecule has 76 valence electrons. The van der Waals surface area contributed by atoms with Crippen molar-refractivity contribution in [1.29, 1.82) is 0 Å². The lowest BCUT2D eigenvalue weighted by molar-refractivity contribution is 0.0987. The summed E-state index contributed by atoms with van der Waals surface area (Å²) in [5.74, 6) is 0.788. The molecule has 14 heavy (non-hydrogen) atoms. The fourth-order valence-electron chi connectivity index (χ4n) is 1.16. The molecule has 0 saturated carbocycles. The Bertz CT molecular complexity index is 339. The second-order valence-corrected chi connectivity index (χ2v) is 4.64. The standard InChI is InChI=1S/C10H10BrIO2/c1-14-10-7(9(13)5-6-11)3-2-4-8(10)12/h2-4H,5-6H2,1H3. The third kappa shape index (κ3) is 2.70. The van der Waals surface area contributed by atoms with Crippen molar-refractivity contribution in [3.8, 4) is 5.75 Å². The maximum Gasteiger partial charge on any atom is 0.167 e. The highest BCUT2D eigenvalue weighted by molar-refractivity contribution is 14.1. The Morgan fingerprint density at radius 1 is 1.57 bits per heavy atom. The Labute approximate surface area is 105 Å². The quantitative estimate of drug-likeness (QED) is 0.463. The molecule has 0 radical (unpaired) electrons. The van der Waals surface area contributed by atoms with Crippen LogP contribution in [0.3, 0.4) is 0 Å². The molecule has 0 atom stereocenters. The van der Waals surface area contributed by atoms with Crippen LogP contribution in [0.15, 0.2) is 18.2 Å². The molecule has 0 saturated heterocycles. The smallest absolute Gasteiger partial charge is 0.167 e. The van der Waals surface area contributed by atoms with Crippen molar-refractivity contribution >= 4 is 44.3 Å². The highest BCUT2D eigenvalue weighted by atomic mass is 127. The minimum absolute atomic E-state index is 0.109. The normalized spacial score (nSPS) is 9.93. The van der Waals surface area contributed by atoms with Crippen LogP contribution in [0.1, 0.15) is 16.8 Å². The van der Waals surface area contributed by atoms with Gasteiger partial charge in [-0.15, -0.1) is 0 Å². The molecule has 0 aliphatic rings. The second-order valence-electron chi connectivity index (χ2n) is 2.68. The Morgan fingerprint density at radius 3 is 2.86 bits per heavy atom. The number of hydrogen-bond acceptors (Lipinski definition) is 2. The van der Waals surface area contributed by atoms with E-state index in [1.54, 1.807) is 13.2 Å². The van der Waals surface area contributed by atoms with Gasteiger partial charge in [-0.25, -0.2) is 0 Å². The van der Waals surface area contributed by atoms with Crippen molar-refractivity contribution in [2.24, 2.45) is 0 Å². The van der Waals surface area contributed by atoms with E-state index in [4.69, 9.17) is 4.74 Å². The molecule has 0 unspecified atom stereocenters. The van der Waals surface area contributed by atoms with Crippen molar-refractivity contribution in [1.82, 2.24) is 0 Å². The number of hydrogen-bond donors (Lipinski definition) is 0. The average Bonchev–Trinajstić information content (AvgIpc) is 2.17. The number of rotatable bonds is 4. The van der Waals surface area contributed by atoms with Crippen LogP contribution in [0.2, 0.25) is 0 Å². The van der Waals surface area contributed by atoms with Gasteiger partial charge in [0.05, 0.1) is 16.2 Å². The van der Waals surface area contributed by atoms with Gasteiger partial charge in [-0.05, 0) is 34.7 Å². The molecule has 4 heteroatoms. The van der Waals surface area contributed by atoms with Crippen molar-refractivity contribution in [3.63, 3.8) is 0 Å². The monoisotopic (exact) mass is 368 g/mol. The lowest BCUT2D eigenvalue weighted by atomic mass is 10.1. The van der Waals surface area contributed by atoms with Gasteiger partial charge < -0.3 is 4.74 Å². The van der Waals surface area contributed by atoms with Gasteiger partial charge in [0, 0.05) is 11.8 Å². The van der Waals surface area contributed by atoms with Crippen LogP contribution in [0.5, 0.6) is 5.75 Å². The number of benzene rings is 1. The number of para-hydroxylation sites is 1. The van der Waals surface area contributed by atoms with E-state index in [0.29, 0.717) is 23.1 Å². The molecule has 0 aromatic heterocycles. The number of ketones is 1. The van der Waals surface area contributed by atoms with E-state index in [9.17, 15) is 4.79 Å². The first-order valence-electron chi connectivity index (χ1n) is 4.12. The summed E-state index contributed by atoms with van der Waals surface area (Å²) in [7, 11) is 1.59. The Balaban J connectivity index is 3.07. The summed E-state index contributed by atoms with van der Waals surface area (Å²) in [5.41, 5.74) is 0.666. The largest absolute Gasteiger partial charge is 0.495 e. The summed E-state index contributed by atoms with van der Waals surface area (Å²) >= 11 is 5.41. The zero-order valence-corrected chi connectivity index (χ0v) is 11.5. The van der Waals surface area contributed by atoms with E-state index in [1.807, 2.05) is 12.1 Å². The lowest BCUT2D eigenvalue weighted by Crippen LogP contribution is -2.03. The van der Waals surface area contributed by atoms with E-state index >= 15 is 0 Å². The molecule has 0 amide bonds. The van der Waals surface area contributed by atoms with E-state index in [-0.39, 0.29) is 5.78 Å². The zero-order chi connectivity index (χ0) is 10.6. The summed E-state index contributed by atoms with van der Waals surface area (Å²) in [6.45, 7) is 0. The Hall–Kier alpha value is -0.100. The van der Waals surface area contributed by atoms with Crippen LogP contribution >= 0.6 is 38.5 Å². The molecule has 1 aromatic carbocycles. The Kier molecular flexibility index (Phi) is 4.88. The summed E-state index contributed by atoms with van der Waals surface area (Å²) in [5, 5.41) is 0.681. The molecule has 0 bridgehead atoms. The van der Waals surface area contributed by atoms with Gasteiger partial charge in [-0.2, -0.15) is 0 Å². The van der Waals surface area contributed by atoms with Gasteiger partial charge in [-0.1, -0.05) is 22.0 Å². The molecule has 1 rings (SSSR count). The first kappa shape index (κ1) is 12.0. The van der Waals surface area contributed by atoms with Gasteiger partial charge >= 0.3 is 0 Å². The molecule has 0 spiro atoms. The summed E-state index contributed by atoms with van der Waals surface area (Å²) in [4.78, 5) is 11.7. The first-order valence-corrected chi connectivity index (χ1v) is 6.32. The molecule has 0 fully saturated rings. The topological polar surface area (TPSA) is 26.3 Å². The maximum absolute atomic E-state index is 11.7. The van der Waals surface area contributed by atoms with Gasteiger partial charge in [0.2, 0.25) is 0 Å². The number of alkyl halides is 1. The maximum atomic E-state index is 11.7. The van der Waals surface area contributed by atoms with Crippen molar-refractivity contribution in [3.05, 3.63) is 27.3 Å². The molecule has 0 aliphatic carbocycles. The SMILES string of the molecule is COc1c(I)cccc1C(=O)CCBr. The number of carbonyl (C=O) groups excluding carboxylic acids is 1. The number of methoxy groups -OCH3 is 1. The van der Waals surface area contributed by atoms with E-state index < -0.39 is 0 Å². The van der Waals surface area contributed by atoms with Crippen LogP contribution in [-0.2, 0) is 0 Å². The van der Waals surface area contributed by atoms with Gasteiger partial charge in [0.25, 0.3) is 0 Å². The molecular weight excluding hydrogens is 359 g/mol. The zero-order valence-electron chi connectivity index (χ0n) is 7.72. The molecular formula is C10H10BrIO2. The van der Waals surface area contributed by atoms with Gasteiger partial charge in [-0.3, -0.25) is 4.79 Å². The number of ether oxygens (including phenoxy) is 1. The summed E-state index contributed by atoms with van der Waals surface area (Å²) in [6, 6.07) is 5.59. The molecule has 1 aromatic rings. The molecule has 0 heterocycles. The van der Waals surface area contributed by atoms with E-state index in [0.717, 1.165) is 3.57 Å². The van der Waals surface area contributed by atoms with Crippen LogP contribution in [0.25, 0.3) is 0 Å². The summed E-state index contributed by atoms with van der Waals surface area (Å²) in [6.07, 6.45) is 0.496. The van der Waals surface area contributed by atoms with Gasteiger partial charge in [0.1, 0.15) is 5.75 Å². The van der Waals surface area contributed by atoms with Crippen LogP contribution in [0.4, 0.5) is 0 Å². The fraction of sp³-hybridized carbons (Fsp3) is 0.300. The van der Waals surface area contributed by atoms with Crippen LogP contribution in [-0.4, -0.2) is 18.2 Å². The van der Waals surface area contributed by atoms with Gasteiger partial charge in [0.15, 0.2) is 5.78 Å². The molecule has 0 aliphatic heterocycles. The summed E-state index contributed by atoms with van der Waals surface area (Å²) < 4.78 is 6.16. The number of Topliss-reactive ketones (excluding diaryl/α,β-unsaturated/α-hetero) is 1. The van der Waals surface area contributed by atoms with Crippen molar-refractivity contribution in [2.75, 3.05) is 12.4 Å². The van der Waals surface area contributed by atoms with Crippen LogP contribution in [0, 0.1) is 3.57 Å². The average molecular weight is 369 g/mol. The lowest BCUT2D eigenvalue weighted by Gasteiger charge is -2.08. The second kappa shape index (κ2) is 5.70. The van der Waals surface area contributed by atoms with Crippen molar-refractivity contribution < 1.29 is 9.53 Å². The molecule has 2 nitrogen and oxygen atoms in total. The highest BCUT2D eigenvalue weighted by Crippen LogP contribution is 2.26. The predicted octanol–water partition coefficient (Wildman–Crippen LogP) is 3.27. The highest BCUT2D eigenvalue weighted by Gasteiger charge is 2.13.